The van der Waals surface area contributed by atoms with Crippen LogP contribution < -0.4 is 10.5 Å². The topological polar surface area (TPSA) is 113 Å². The molecule has 4 rings (SSSR count). The van der Waals surface area contributed by atoms with Crippen LogP contribution >= 0.6 is 0 Å². The fraction of sp³-hybridized carbons (Fsp3) is 0.360. The molecule has 0 saturated carbocycles. The van der Waals surface area contributed by atoms with Crippen LogP contribution in [0.15, 0.2) is 48.5 Å². The number of carbonyl (C=O) groups excluding carboxylic acids is 4. The largest absolute Gasteiger partial charge is 0.488 e. The Morgan fingerprint density at radius 3 is 2.06 bits per heavy atom. The SMILES string of the molecule is NC(=O)c1ccccc1OCc1cccc(C(=O)N2CCN(C(=O)C(=O)N3CCCC3)CC2)c1. The molecule has 2 heterocycles. The average molecular weight is 465 g/mol. The van der Waals surface area contributed by atoms with E-state index in [0.717, 1.165) is 18.4 Å². The molecule has 0 atom stereocenters. The Labute approximate surface area is 198 Å². The number of hydrogen-bond acceptors (Lipinski definition) is 5. The first-order chi connectivity index (χ1) is 16.4. The first kappa shape index (κ1) is 23.3. The minimum absolute atomic E-state index is 0.141. The summed E-state index contributed by atoms with van der Waals surface area (Å²) in [5, 5.41) is 0. The van der Waals surface area contributed by atoms with Crippen molar-refractivity contribution in [2.45, 2.75) is 19.4 Å². The van der Waals surface area contributed by atoms with Gasteiger partial charge in [0, 0.05) is 44.8 Å². The van der Waals surface area contributed by atoms with Gasteiger partial charge in [-0.1, -0.05) is 24.3 Å². The Hall–Kier alpha value is -3.88. The monoisotopic (exact) mass is 464 g/mol. The molecule has 0 bridgehead atoms. The third-order valence-corrected chi connectivity index (χ3v) is 6.15. The second kappa shape index (κ2) is 10.4. The van der Waals surface area contributed by atoms with E-state index in [-0.39, 0.29) is 12.5 Å². The molecule has 9 nitrogen and oxygen atoms in total. The van der Waals surface area contributed by atoms with Gasteiger partial charge in [0.1, 0.15) is 12.4 Å². The number of amides is 4. The second-order valence-electron chi connectivity index (χ2n) is 8.43. The zero-order chi connectivity index (χ0) is 24.1. The second-order valence-corrected chi connectivity index (χ2v) is 8.43. The highest BCUT2D eigenvalue weighted by molar-refractivity contribution is 6.35. The molecule has 0 spiro atoms. The number of ether oxygens (including phenoxy) is 1. The molecule has 2 fully saturated rings. The first-order valence-corrected chi connectivity index (χ1v) is 11.4. The van der Waals surface area contributed by atoms with Gasteiger partial charge in [-0.15, -0.1) is 0 Å². The average Bonchev–Trinajstić information content (AvgIpc) is 3.41. The number of para-hydroxylation sites is 1. The molecule has 0 aromatic heterocycles. The van der Waals surface area contributed by atoms with Crippen LogP contribution in [0.4, 0.5) is 0 Å². The van der Waals surface area contributed by atoms with Gasteiger partial charge < -0.3 is 25.2 Å². The number of likely N-dealkylation sites (tertiary alicyclic amines) is 1. The molecule has 178 valence electrons. The van der Waals surface area contributed by atoms with Crippen molar-refractivity contribution in [2.24, 2.45) is 5.73 Å². The molecular weight excluding hydrogens is 436 g/mol. The Bertz CT molecular complexity index is 1090. The summed E-state index contributed by atoms with van der Waals surface area (Å²) >= 11 is 0. The van der Waals surface area contributed by atoms with E-state index in [1.807, 2.05) is 6.07 Å². The fourth-order valence-electron chi connectivity index (χ4n) is 4.24. The standard InChI is InChI=1S/C25H28N4O5/c26-22(30)20-8-1-2-9-21(20)34-17-18-6-5-7-19(16-18)23(31)28-12-14-29(15-13-28)25(33)24(32)27-10-3-4-11-27/h1-2,5-9,16H,3-4,10-15,17H2,(H2,26,30). The van der Waals surface area contributed by atoms with Crippen molar-refractivity contribution in [3.8, 4) is 5.75 Å². The highest BCUT2D eigenvalue weighted by atomic mass is 16.5. The lowest BCUT2D eigenvalue weighted by Crippen LogP contribution is -2.54. The smallest absolute Gasteiger partial charge is 0.312 e. The summed E-state index contributed by atoms with van der Waals surface area (Å²) in [4.78, 5) is 54.3. The third-order valence-electron chi connectivity index (χ3n) is 6.15. The van der Waals surface area contributed by atoms with E-state index in [0.29, 0.717) is 56.1 Å². The van der Waals surface area contributed by atoms with Crippen LogP contribution in [0.3, 0.4) is 0 Å². The van der Waals surface area contributed by atoms with Gasteiger partial charge in [-0.3, -0.25) is 19.2 Å². The van der Waals surface area contributed by atoms with E-state index < -0.39 is 17.7 Å². The van der Waals surface area contributed by atoms with Crippen LogP contribution in [-0.4, -0.2) is 77.6 Å². The highest BCUT2D eigenvalue weighted by Crippen LogP contribution is 2.20. The molecule has 0 radical (unpaired) electrons. The van der Waals surface area contributed by atoms with Gasteiger partial charge in [0.15, 0.2) is 0 Å². The van der Waals surface area contributed by atoms with Crippen LogP contribution in [0.1, 0.15) is 39.1 Å². The van der Waals surface area contributed by atoms with Gasteiger partial charge in [-0.05, 0) is 42.7 Å². The normalized spacial score (nSPS) is 15.8. The molecular formula is C25H28N4O5. The van der Waals surface area contributed by atoms with E-state index in [9.17, 15) is 19.2 Å². The van der Waals surface area contributed by atoms with E-state index in [2.05, 4.69) is 0 Å². The summed E-state index contributed by atoms with van der Waals surface area (Å²) in [7, 11) is 0. The Kier molecular flexibility index (Phi) is 7.10. The number of rotatable bonds is 5. The number of benzene rings is 2. The van der Waals surface area contributed by atoms with E-state index in [4.69, 9.17) is 10.5 Å². The van der Waals surface area contributed by atoms with Crippen LogP contribution in [-0.2, 0) is 16.2 Å². The van der Waals surface area contributed by atoms with Gasteiger partial charge >= 0.3 is 11.8 Å². The molecule has 2 aromatic rings. The molecule has 2 saturated heterocycles. The molecule has 2 aliphatic rings. The number of hydrogen-bond donors (Lipinski definition) is 1. The van der Waals surface area contributed by atoms with Crippen LogP contribution in [0.2, 0.25) is 0 Å². The molecule has 4 amide bonds. The predicted octanol–water partition coefficient (Wildman–Crippen LogP) is 1.27. The molecule has 9 heteroatoms. The first-order valence-electron chi connectivity index (χ1n) is 11.4. The van der Waals surface area contributed by atoms with Crippen molar-refractivity contribution in [3.63, 3.8) is 0 Å². The van der Waals surface area contributed by atoms with Crippen molar-refractivity contribution in [3.05, 3.63) is 65.2 Å². The maximum Gasteiger partial charge on any atom is 0.312 e. The molecule has 2 N–H and O–H groups in total. The fourth-order valence-corrected chi connectivity index (χ4v) is 4.24. The lowest BCUT2D eigenvalue weighted by molar-refractivity contribution is -0.152. The zero-order valence-corrected chi connectivity index (χ0v) is 18.9. The minimum atomic E-state index is -0.570. The van der Waals surface area contributed by atoms with Gasteiger partial charge in [-0.25, -0.2) is 0 Å². The van der Waals surface area contributed by atoms with Crippen LogP contribution in [0.5, 0.6) is 5.75 Å². The Morgan fingerprint density at radius 2 is 1.38 bits per heavy atom. The van der Waals surface area contributed by atoms with Crippen LogP contribution in [0.25, 0.3) is 0 Å². The van der Waals surface area contributed by atoms with E-state index >= 15 is 0 Å². The third kappa shape index (κ3) is 5.19. The van der Waals surface area contributed by atoms with E-state index in [1.54, 1.807) is 52.3 Å². The Balaban J connectivity index is 1.33. The molecule has 34 heavy (non-hydrogen) atoms. The molecule has 2 aliphatic heterocycles. The molecule has 0 unspecified atom stereocenters. The van der Waals surface area contributed by atoms with E-state index in [1.165, 1.54) is 4.90 Å². The summed E-state index contributed by atoms with van der Waals surface area (Å²) in [5.74, 6) is -1.25. The summed E-state index contributed by atoms with van der Waals surface area (Å²) < 4.78 is 5.76. The summed E-state index contributed by atoms with van der Waals surface area (Å²) in [6, 6.07) is 13.8. The van der Waals surface area contributed by atoms with Crippen molar-refractivity contribution in [2.75, 3.05) is 39.3 Å². The maximum absolute atomic E-state index is 13.0. The number of carbonyl (C=O) groups is 4. The number of piperazine rings is 1. The number of nitrogens with two attached hydrogens (primary N) is 1. The highest BCUT2D eigenvalue weighted by Gasteiger charge is 2.32. The summed E-state index contributed by atoms with van der Waals surface area (Å²) in [6.45, 7) is 2.84. The lowest BCUT2D eigenvalue weighted by atomic mass is 10.1. The maximum atomic E-state index is 13.0. The molecule has 2 aromatic carbocycles. The van der Waals surface area contributed by atoms with Gasteiger partial charge in [-0.2, -0.15) is 0 Å². The lowest BCUT2D eigenvalue weighted by Gasteiger charge is -2.35. The van der Waals surface area contributed by atoms with Crippen LogP contribution in [0, 0.1) is 0 Å². The summed E-state index contributed by atoms with van der Waals surface area (Å²) in [6.07, 6.45) is 1.87. The van der Waals surface area contributed by atoms with Crippen molar-refractivity contribution < 1.29 is 23.9 Å². The van der Waals surface area contributed by atoms with Gasteiger partial charge in [0.2, 0.25) is 0 Å². The molecule has 0 aliphatic carbocycles. The van der Waals surface area contributed by atoms with Gasteiger partial charge in [0.05, 0.1) is 5.56 Å². The minimum Gasteiger partial charge on any atom is -0.488 e. The summed E-state index contributed by atoms with van der Waals surface area (Å²) in [5.41, 5.74) is 6.97. The van der Waals surface area contributed by atoms with Gasteiger partial charge in [0.25, 0.3) is 11.8 Å². The Morgan fingerprint density at radius 1 is 0.765 bits per heavy atom. The van der Waals surface area contributed by atoms with Crippen molar-refractivity contribution >= 4 is 23.6 Å². The predicted molar refractivity (Wildman–Crippen MR) is 124 cm³/mol. The van der Waals surface area contributed by atoms with Crippen molar-refractivity contribution in [1.82, 2.24) is 14.7 Å². The quantitative estimate of drug-likeness (QED) is 0.670. The zero-order valence-electron chi connectivity index (χ0n) is 18.9. The van der Waals surface area contributed by atoms with Crippen molar-refractivity contribution in [1.29, 1.82) is 0 Å². The number of nitrogens with zero attached hydrogens (tertiary/aromatic N) is 3. The number of primary amides is 1.